The number of hydrogen-bond acceptors (Lipinski definition) is 3. The van der Waals surface area contributed by atoms with Gasteiger partial charge < -0.3 is 14.8 Å². The minimum absolute atomic E-state index is 0.987. The zero-order valence-electron chi connectivity index (χ0n) is 12.5. The Bertz CT molecular complexity index is 581. The molecule has 1 aromatic heterocycles. The van der Waals surface area contributed by atoms with E-state index in [0.29, 0.717) is 0 Å². The van der Waals surface area contributed by atoms with Crippen molar-refractivity contribution in [3.8, 4) is 0 Å². The molecule has 0 radical (unpaired) electrons. The molecular formula is C16H24N4. The van der Waals surface area contributed by atoms with E-state index in [1.165, 1.54) is 30.0 Å². The Hall–Kier alpha value is -1.39. The number of rotatable bonds is 4. The van der Waals surface area contributed by atoms with Gasteiger partial charge >= 0.3 is 0 Å². The molecule has 1 N–H and O–H groups in total. The smallest absolute Gasteiger partial charge is 0.109 e. The van der Waals surface area contributed by atoms with E-state index < -0.39 is 0 Å². The molecule has 20 heavy (non-hydrogen) atoms. The third-order valence-corrected chi connectivity index (χ3v) is 4.28. The van der Waals surface area contributed by atoms with Crippen molar-refractivity contribution >= 4 is 11.0 Å². The van der Waals surface area contributed by atoms with Crippen LogP contribution in [0.4, 0.5) is 0 Å². The van der Waals surface area contributed by atoms with Crippen LogP contribution in [0.15, 0.2) is 18.2 Å². The Labute approximate surface area is 120 Å². The molecular weight excluding hydrogens is 248 g/mol. The van der Waals surface area contributed by atoms with Gasteiger partial charge in [0.15, 0.2) is 0 Å². The molecule has 4 nitrogen and oxygen atoms in total. The molecule has 0 unspecified atom stereocenters. The first kappa shape index (κ1) is 13.6. The molecule has 1 aliphatic rings. The van der Waals surface area contributed by atoms with Crippen molar-refractivity contribution in [2.45, 2.75) is 19.8 Å². The van der Waals surface area contributed by atoms with E-state index in [1.807, 2.05) is 0 Å². The molecule has 2 aromatic rings. The highest BCUT2D eigenvalue weighted by Crippen LogP contribution is 2.17. The molecule has 1 saturated heterocycles. The second kappa shape index (κ2) is 5.94. The molecule has 0 atom stereocenters. The summed E-state index contributed by atoms with van der Waals surface area (Å²) in [4.78, 5) is 7.26. The molecule has 1 fully saturated rings. The third-order valence-electron chi connectivity index (χ3n) is 4.28. The molecule has 2 heterocycles. The normalized spacial score (nSPS) is 16.9. The highest BCUT2D eigenvalue weighted by molar-refractivity contribution is 5.76. The fourth-order valence-electron chi connectivity index (χ4n) is 2.99. The van der Waals surface area contributed by atoms with E-state index in [0.717, 1.165) is 38.0 Å². The summed E-state index contributed by atoms with van der Waals surface area (Å²) >= 11 is 0. The fourth-order valence-corrected chi connectivity index (χ4v) is 2.99. The van der Waals surface area contributed by atoms with Gasteiger partial charge in [-0.05, 0) is 24.1 Å². The summed E-state index contributed by atoms with van der Waals surface area (Å²) in [5.41, 5.74) is 3.78. The Kier molecular flexibility index (Phi) is 4.03. The largest absolute Gasteiger partial charge is 0.331 e. The van der Waals surface area contributed by atoms with Gasteiger partial charge in [0, 0.05) is 46.2 Å². The van der Waals surface area contributed by atoms with Crippen LogP contribution in [0.5, 0.6) is 0 Å². The van der Waals surface area contributed by atoms with Gasteiger partial charge in [-0.2, -0.15) is 0 Å². The van der Waals surface area contributed by atoms with E-state index in [1.54, 1.807) is 0 Å². The number of nitrogens with one attached hydrogen (secondary N) is 1. The minimum atomic E-state index is 0.987. The molecule has 0 aliphatic carbocycles. The summed E-state index contributed by atoms with van der Waals surface area (Å²) in [5.74, 6) is 1.17. The molecule has 108 valence electrons. The molecule has 0 amide bonds. The molecule has 4 heteroatoms. The summed E-state index contributed by atoms with van der Waals surface area (Å²) in [6.45, 7) is 7.91. The van der Waals surface area contributed by atoms with Crippen molar-refractivity contribution in [2.24, 2.45) is 7.05 Å². The Balaban J connectivity index is 1.72. The van der Waals surface area contributed by atoms with Crippen molar-refractivity contribution in [3.05, 3.63) is 29.6 Å². The van der Waals surface area contributed by atoms with E-state index in [4.69, 9.17) is 4.98 Å². The quantitative estimate of drug-likeness (QED) is 0.917. The molecule has 3 rings (SSSR count). The number of aromatic nitrogens is 2. The molecule has 1 aliphatic heterocycles. The van der Waals surface area contributed by atoms with Gasteiger partial charge in [-0.1, -0.05) is 13.0 Å². The monoisotopic (exact) mass is 272 g/mol. The van der Waals surface area contributed by atoms with E-state index in [2.05, 4.69) is 47.0 Å². The van der Waals surface area contributed by atoms with Crippen molar-refractivity contribution in [3.63, 3.8) is 0 Å². The summed E-state index contributed by atoms with van der Waals surface area (Å²) in [6, 6.07) is 6.73. The average molecular weight is 272 g/mol. The number of fused-ring (bicyclic) bond motifs is 1. The molecule has 1 aromatic carbocycles. The lowest BCUT2D eigenvalue weighted by atomic mass is 10.1. The van der Waals surface area contributed by atoms with E-state index >= 15 is 0 Å². The van der Waals surface area contributed by atoms with Crippen molar-refractivity contribution in [1.82, 2.24) is 19.8 Å². The first-order valence-corrected chi connectivity index (χ1v) is 7.65. The van der Waals surface area contributed by atoms with Crippen LogP contribution < -0.4 is 5.32 Å². The molecule has 0 saturated carbocycles. The van der Waals surface area contributed by atoms with Gasteiger partial charge in [0.05, 0.1) is 11.0 Å². The predicted molar refractivity (Wildman–Crippen MR) is 83.1 cm³/mol. The number of benzene rings is 1. The van der Waals surface area contributed by atoms with E-state index in [9.17, 15) is 0 Å². The maximum absolute atomic E-state index is 4.73. The Morgan fingerprint density at radius 1 is 1.25 bits per heavy atom. The molecule has 0 spiro atoms. The first-order chi connectivity index (χ1) is 9.78. The summed E-state index contributed by atoms with van der Waals surface area (Å²) in [5, 5.41) is 3.40. The van der Waals surface area contributed by atoms with Gasteiger partial charge in [0.2, 0.25) is 0 Å². The lowest BCUT2D eigenvalue weighted by molar-refractivity contribution is 0.244. The average Bonchev–Trinajstić information content (AvgIpc) is 2.82. The standard InChI is InChI=1S/C16H24N4/c1-3-16-18-14-12-13(4-5-15(14)19(16)2)6-9-20-10-7-17-8-11-20/h4-5,12,17H,3,6-11H2,1-2H3. The highest BCUT2D eigenvalue weighted by Gasteiger charge is 2.10. The Morgan fingerprint density at radius 2 is 2.05 bits per heavy atom. The maximum atomic E-state index is 4.73. The lowest BCUT2D eigenvalue weighted by Gasteiger charge is -2.27. The zero-order chi connectivity index (χ0) is 13.9. The van der Waals surface area contributed by atoms with Gasteiger partial charge in [-0.15, -0.1) is 0 Å². The topological polar surface area (TPSA) is 33.1 Å². The van der Waals surface area contributed by atoms with E-state index in [-0.39, 0.29) is 0 Å². The summed E-state index contributed by atoms with van der Waals surface area (Å²) in [6.07, 6.45) is 2.11. The molecule has 0 bridgehead atoms. The number of nitrogens with zero attached hydrogens (tertiary/aromatic N) is 3. The second-order valence-corrected chi connectivity index (χ2v) is 5.61. The van der Waals surface area contributed by atoms with Crippen LogP contribution in [0, 0.1) is 0 Å². The number of imidazole rings is 1. The van der Waals surface area contributed by atoms with Crippen LogP contribution in [0.25, 0.3) is 11.0 Å². The fraction of sp³-hybridized carbons (Fsp3) is 0.562. The van der Waals surface area contributed by atoms with Gasteiger partial charge in [-0.3, -0.25) is 0 Å². The number of hydrogen-bond donors (Lipinski definition) is 1. The predicted octanol–water partition coefficient (Wildman–Crippen LogP) is 1.58. The lowest BCUT2D eigenvalue weighted by Crippen LogP contribution is -2.44. The first-order valence-electron chi connectivity index (χ1n) is 7.65. The SMILES string of the molecule is CCc1nc2cc(CCN3CCNCC3)ccc2n1C. The zero-order valence-corrected chi connectivity index (χ0v) is 12.5. The maximum Gasteiger partial charge on any atom is 0.109 e. The van der Waals surface area contributed by atoms with Crippen LogP contribution in [0.2, 0.25) is 0 Å². The van der Waals surface area contributed by atoms with Gasteiger partial charge in [-0.25, -0.2) is 4.98 Å². The van der Waals surface area contributed by atoms with Gasteiger partial charge in [0.1, 0.15) is 5.82 Å². The van der Waals surface area contributed by atoms with Crippen LogP contribution >= 0.6 is 0 Å². The third kappa shape index (κ3) is 2.72. The van der Waals surface area contributed by atoms with Crippen LogP contribution in [-0.4, -0.2) is 47.2 Å². The summed E-state index contributed by atoms with van der Waals surface area (Å²) in [7, 11) is 2.11. The minimum Gasteiger partial charge on any atom is -0.331 e. The van der Waals surface area contributed by atoms with Crippen LogP contribution in [-0.2, 0) is 19.9 Å². The van der Waals surface area contributed by atoms with Crippen molar-refractivity contribution in [1.29, 1.82) is 0 Å². The summed E-state index contributed by atoms with van der Waals surface area (Å²) < 4.78 is 2.20. The van der Waals surface area contributed by atoms with Crippen LogP contribution in [0.3, 0.4) is 0 Å². The second-order valence-electron chi connectivity index (χ2n) is 5.61. The Morgan fingerprint density at radius 3 is 2.80 bits per heavy atom. The van der Waals surface area contributed by atoms with Crippen molar-refractivity contribution < 1.29 is 0 Å². The highest BCUT2D eigenvalue weighted by atomic mass is 15.2. The van der Waals surface area contributed by atoms with Crippen LogP contribution in [0.1, 0.15) is 18.3 Å². The van der Waals surface area contributed by atoms with Crippen molar-refractivity contribution in [2.75, 3.05) is 32.7 Å². The van der Waals surface area contributed by atoms with Gasteiger partial charge in [0.25, 0.3) is 0 Å². The number of piperazine rings is 1. The number of aryl methyl sites for hydroxylation is 2.